The summed E-state index contributed by atoms with van der Waals surface area (Å²) in [5.41, 5.74) is 6.63. The molecule has 19 heavy (non-hydrogen) atoms. The minimum atomic E-state index is 0.0101. The molecular weight excluding hydrogens is 236 g/mol. The molecule has 1 amide bonds. The third kappa shape index (κ3) is 2.47. The molecule has 3 nitrogen and oxygen atoms in total. The van der Waals surface area contributed by atoms with Gasteiger partial charge < -0.3 is 11.1 Å². The Labute approximate surface area is 112 Å². The maximum atomic E-state index is 12.4. The highest BCUT2D eigenvalue weighted by Gasteiger charge is 2.23. The van der Waals surface area contributed by atoms with Crippen LogP contribution < -0.4 is 11.1 Å². The van der Waals surface area contributed by atoms with Gasteiger partial charge in [0.2, 0.25) is 0 Å². The fourth-order valence-electron chi connectivity index (χ4n) is 2.83. The molecule has 0 spiro atoms. The second-order valence-corrected chi connectivity index (χ2v) is 5.27. The molecule has 1 saturated carbocycles. The van der Waals surface area contributed by atoms with E-state index in [9.17, 15) is 4.79 Å². The molecule has 0 aliphatic heterocycles. The molecule has 0 heterocycles. The van der Waals surface area contributed by atoms with E-state index in [1.807, 2.05) is 42.5 Å². The Morgan fingerprint density at radius 3 is 2.68 bits per heavy atom. The van der Waals surface area contributed by atoms with E-state index in [-0.39, 0.29) is 18.0 Å². The van der Waals surface area contributed by atoms with Crippen LogP contribution in [0.3, 0.4) is 0 Å². The number of fused-ring (bicyclic) bond motifs is 1. The monoisotopic (exact) mass is 254 g/mol. The molecule has 1 aliphatic carbocycles. The Kier molecular flexibility index (Phi) is 3.22. The van der Waals surface area contributed by atoms with Crippen molar-refractivity contribution in [3.8, 4) is 0 Å². The zero-order valence-corrected chi connectivity index (χ0v) is 10.8. The number of rotatable bonds is 2. The zero-order chi connectivity index (χ0) is 13.2. The second kappa shape index (κ2) is 5.02. The van der Waals surface area contributed by atoms with Crippen LogP contribution in [0.5, 0.6) is 0 Å². The molecule has 2 aromatic rings. The summed E-state index contributed by atoms with van der Waals surface area (Å²) in [4.78, 5) is 12.4. The van der Waals surface area contributed by atoms with Gasteiger partial charge in [-0.2, -0.15) is 0 Å². The van der Waals surface area contributed by atoms with Crippen molar-refractivity contribution in [1.82, 2.24) is 5.32 Å². The molecule has 1 fully saturated rings. The van der Waals surface area contributed by atoms with Crippen molar-refractivity contribution >= 4 is 16.7 Å². The van der Waals surface area contributed by atoms with Crippen molar-refractivity contribution in [2.45, 2.75) is 31.3 Å². The topological polar surface area (TPSA) is 55.1 Å². The molecule has 0 aromatic heterocycles. The molecule has 3 N–H and O–H groups in total. The number of nitrogens with one attached hydrogen (secondary N) is 1. The summed E-state index contributed by atoms with van der Waals surface area (Å²) in [6.45, 7) is 0. The SMILES string of the molecule is NC1CCC(NC(=O)c2cccc3ccccc23)C1. The first kappa shape index (κ1) is 12.2. The molecule has 0 bridgehead atoms. The third-order valence-electron chi connectivity index (χ3n) is 3.84. The first-order valence-corrected chi connectivity index (χ1v) is 6.78. The Hall–Kier alpha value is -1.87. The van der Waals surface area contributed by atoms with Crippen LogP contribution in [-0.2, 0) is 0 Å². The van der Waals surface area contributed by atoms with Gasteiger partial charge in [-0.15, -0.1) is 0 Å². The number of hydrogen-bond acceptors (Lipinski definition) is 2. The average Bonchev–Trinajstić information content (AvgIpc) is 2.83. The number of benzene rings is 2. The van der Waals surface area contributed by atoms with Gasteiger partial charge in [0.05, 0.1) is 0 Å². The van der Waals surface area contributed by atoms with Crippen molar-refractivity contribution in [3.05, 3.63) is 48.0 Å². The molecule has 2 aromatic carbocycles. The van der Waals surface area contributed by atoms with E-state index in [4.69, 9.17) is 5.73 Å². The molecule has 1 aliphatic rings. The summed E-state index contributed by atoms with van der Waals surface area (Å²) < 4.78 is 0. The summed E-state index contributed by atoms with van der Waals surface area (Å²) in [7, 11) is 0. The van der Waals surface area contributed by atoms with E-state index in [0.717, 1.165) is 35.6 Å². The van der Waals surface area contributed by atoms with Crippen molar-refractivity contribution < 1.29 is 4.79 Å². The predicted octanol–water partition coefficient (Wildman–Crippen LogP) is 2.45. The molecule has 2 atom stereocenters. The standard InChI is InChI=1S/C16H18N2O/c17-12-8-9-13(10-12)18-16(19)15-7-3-5-11-4-1-2-6-14(11)15/h1-7,12-13H,8-10,17H2,(H,18,19). The third-order valence-corrected chi connectivity index (χ3v) is 3.84. The first-order valence-electron chi connectivity index (χ1n) is 6.78. The smallest absolute Gasteiger partial charge is 0.252 e. The normalized spacial score (nSPS) is 22.6. The van der Waals surface area contributed by atoms with Gasteiger partial charge in [-0.25, -0.2) is 0 Å². The van der Waals surface area contributed by atoms with Crippen LogP contribution in [0.2, 0.25) is 0 Å². The minimum absolute atomic E-state index is 0.0101. The van der Waals surface area contributed by atoms with E-state index in [1.54, 1.807) is 0 Å². The van der Waals surface area contributed by atoms with Crippen LogP contribution in [0.15, 0.2) is 42.5 Å². The summed E-state index contributed by atoms with van der Waals surface area (Å²) in [6.07, 6.45) is 2.87. The Morgan fingerprint density at radius 1 is 1.11 bits per heavy atom. The predicted molar refractivity (Wildman–Crippen MR) is 77.0 cm³/mol. The van der Waals surface area contributed by atoms with Crippen LogP contribution in [0.4, 0.5) is 0 Å². The largest absolute Gasteiger partial charge is 0.349 e. The van der Waals surface area contributed by atoms with Crippen LogP contribution in [0.1, 0.15) is 29.6 Å². The lowest BCUT2D eigenvalue weighted by Crippen LogP contribution is -2.34. The fraction of sp³-hybridized carbons (Fsp3) is 0.312. The van der Waals surface area contributed by atoms with Gasteiger partial charge in [0.25, 0.3) is 5.91 Å². The summed E-state index contributed by atoms with van der Waals surface area (Å²) in [6, 6.07) is 14.3. The number of carbonyl (C=O) groups excluding carboxylic acids is 1. The van der Waals surface area contributed by atoms with Crippen LogP contribution in [0, 0.1) is 0 Å². The fourth-order valence-corrected chi connectivity index (χ4v) is 2.83. The maximum Gasteiger partial charge on any atom is 0.252 e. The molecule has 3 heteroatoms. The highest BCUT2D eigenvalue weighted by Crippen LogP contribution is 2.21. The zero-order valence-electron chi connectivity index (χ0n) is 10.8. The minimum Gasteiger partial charge on any atom is -0.349 e. The Balaban J connectivity index is 1.85. The summed E-state index contributed by atoms with van der Waals surface area (Å²) >= 11 is 0. The van der Waals surface area contributed by atoms with Gasteiger partial charge in [0, 0.05) is 17.6 Å². The van der Waals surface area contributed by atoms with Gasteiger partial charge in [0.1, 0.15) is 0 Å². The Bertz CT molecular complexity index is 603. The van der Waals surface area contributed by atoms with Gasteiger partial charge >= 0.3 is 0 Å². The number of nitrogens with two attached hydrogens (primary N) is 1. The highest BCUT2D eigenvalue weighted by atomic mass is 16.1. The first-order chi connectivity index (χ1) is 9.24. The van der Waals surface area contributed by atoms with Crippen LogP contribution in [-0.4, -0.2) is 18.0 Å². The van der Waals surface area contributed by atoms with E-state index in [1.165, 1.54) is 0 Å². The van der Waals surface area contributed by atoms with E-state index in [0.29, 0.717) is 0 Å². The van der Waals surface area contributed by atoms with Gasteiger partial charge in [0.15, 0.2) is 0 Å². The van der Waals surface area contributed by atoms with Gasteiger partial charge in [-0.3, -0.25) is 4.79 Å². The lowest BCUT2D eigenvalue weighted by molar-refractivity contribution is 0.0939. The van der Waals surface area contributed by atoms with Crippen molar-refractivity contribution in [3.63, 3.8) is 0 Å². The second-order valence-electron chi connectivity index (χ2n) is 5.27. The van der Waals surface area contributed by atoms with Crippen molar-refractivity contribution in [2.75, 3.05) is 0 Å². The van der Waals surface area contributed by atoms with Crippen molar-refractivity contribution in [1.29, 1.82) is 0 Å². The molecule has 0 saturated heterocycles. The van der Waals surface area contributed by atoms with Gasteiger partial charge in [-0.05, 0) is 36.1 Å². The van der Waals surface area contributed by atoms with Crippen LogP contribution >= 0.6 is 0 Å². The molecule has 0 radical (unpaired) electrons. The highest BCUT2D eigenvalue weighted by molar-refractivity contribution is 6.07. The van der Waals surface area contributed by atoms with Gasteiger partial charge in [-0.1, -0.05) is 36.4 Å². The average molecular weight is 254 g/mol. The molecule has 98 valence electrons. The van der Waals surface area contributed by atoms with E-state index < -0.39 is 0 Å². The van der Waals surface area contributed by atoms with Crippen LogP contribution in [0.25, 0.3) is 10.8 Å². The number of hydrogen-bond donors (Lipinski definition) is 2. The van der Waals surface area contributed by atoms with E-state index in [2.05, 4.69) is 5.32 Å². The summed E-state index contributed by atoms with van der Waals surface area (Å²) in [5, 5.41) is 5.20. The quantitative estimate of drug-likeness (QED) is 0.865. The Morgan fingerprint density at radius 2 is 1.89 bits per heavy atom. The number of carbonyl (C=O) groups is 1. The number of amides is 1. The lowest BCUT2D eigenvalue weighted by Gasteiger charge is -2.13. The summed E-state index contributed by atoms with van der Waals surface area (Å²) in [5.74, 6) is 0.0101. The lowest BCUT2D eigenvalue weighted by atomic mass is 10.0. The molecule has 2 unspecified atom stereocenters. The molecule has 3 rings (SSSR count). The van der Waals surface area contributed by atoms with E-state index >= 15 is 0 Å². The maximum absolute atomic E-state index is 12.4. The van der Waals surface area contributed by atoms with Crippen molar-refractivity contribution in [2.24, 2.45) is 5.73 Å². The molecular formula is C16H18N2O.